The molecule has 246 valence electrons. The van der Waals surface area contributed by atoms with E-state index in [1.807, 2.05) is 5.38 Å². The summed E-state index contributed by atoms with van der Waals surface area (Å²) >= 11 is 1.36. The van der Waals surface area contributed by atoms with Gasteiger partial charge in [-0.15, -0.1) is 17.8 Å². The van der Waals surface area contributed by atoms with Crippen LogP contribution in [0.15, 0.2) is 47.8 Å². The summed E-state index contributed by atoms with van der Waals surface area (Å²) in [6, 6.07) is 15.8. The van der Waals surface area contributed by atoms with Gasteiger partial charge in [0.15, 0.2) is 5.01 Å². The average molecular weight is 649 g/mol. The molecular formula is C40H48N4O2S. The van der Waals surface area contributed by atoms with Crippen molar-refractivity contribution in [2.24, 2.45) is 17.8 Å². The van der Waals surface area contributed by atoms with Crippen LogP contribution < -0.4 is 15.4 Å². The highest BCUT2D eigenvalue weighted by Crippen LogP contribution is 2.56. The first-order valence-electron chi connectivity index (χ1n) is 18.1. The zero-order valence-corrected chi connectivity index (χ0v) is 28.5. The first-order chi connectivity index (χ1) is 23.0. The number of nitrogens with zero attached hydrogens (tertiary/aromatic N) is 2. The topological polar surface area (TPSA) is 66.5 Å². The molecule has 6 aliphatic rings. The first-order valence-corrected chi connectivity index (χ1v) is 19.0. The molecule has 2 N–H and O–H groups in total. The van der Waals surface area contributed by atoms with E-state index in [2.05, 4.69) is 75.8 Å². The highest BCUT2D eigenvalue weighted by Gasteiger charge is 2.51. The number of thiazole rings is 1. The van der Waals surface area contributed by atoms with Crippen LogP contribution in [-0.4, -0.2) is 46.6 Å². The van der Waals surface area contributed by atoms with Gasteiger partial charge in [-0.3, -0.25) is 4.79 Å². The summed E-state index contributed by atoms with van der Waals surface area (Å²) in [6.07, 6.45) is 20.2. The van der Waals surface area contributed by atoms with Crippen molar-refractivity contribution in [1.29, 1.82) is 0 Å². The van der Waals surface area contributed by atoms with E-state index < -0.39 is 0 Å². The van der Waals surface area contributed by atoms with Crippen molar-refractivity contribution >= 4 is 22.9 Å². The van der Waals surface area contributed by atoms with Crippen molar-refractivity contribution in [2.45, 2.75) is 108 Å². The number of ether oxygens (including phenoxy) is 1. The SMILES string of the molecule is C#Cc1nc(C(=O)N2[C@@H](CCCC)Cc3cc(OC[C@@H]4CCCN4)ccc3[C@@H]2c2ccc(NC34CC5CC(CC(C5)C3)C4)cc2)cs1. The Hall–Kier alpha value is -3.34. The third kappa shape index (κ3) is 6.20. The summed E-state index contributed by atoms with van der Waals surface area (Å²) in [5.41, 5.74) is 5.48. The first kappa shape index (κ1) is 31.0. The number of carbonyl (C=O) groups is 1. The number of aromatic nitrogens is 1. The van der Waals surface area contributed by atoms with Crippen molar-refractivity contribution < 1.29 is 9.53 Å². The fourth-order valence-corrected chi connectivity index (χ4v) is 10.7. The van der Waals surface area contributed by atoms with Gasteiger partial charge in [-0.1, -0.05) is 38.0 Å². The van der Waals surface area contributed by atoms with Crippen molar-refractivity contribution in [3.05, 3.63) is 75.2 Å². The molecule has 0 spiro atoms. The molecule has 5 fully saturated rings. The minimum absolute atomic E-state index is 0.0390. The molecule has 4 bridgehead atoms. The molecule has 4 saturated carbocycles. The number of rotatable bonds is 10. The smallest absolute Gasteiger partial charge is 0.274 e. The molecule has 0 unspecified atom stereocenters. The van der Waals surface area contributed by atoms with Gasteiger partial charge in [0.1, 0.15) is 18.1 Å². The molecule has 2 aliphatic heterocycles. The van der Waals surface area contributed by atoms with Crippen molar-refractivity contribution in [3.63, 3.8) is 0 Å². The third-order valence-corrected chi connectivity index (χ3v) is 12.6. The lowest BCUT2D eigenvalue weighted by Gasteiger charge is -2.57. The molecule has 47 heavy (non-hydrogen) atoms. The summed E-state index contributed by atoms with van der Waals surface area (Å²) < 4.78 is 6.32. The molecule has 6 nitrogen and oxygen atoms in total. The summed E-state index contributed by atoms with van der Waals surface area (Å²) in [5.74, 6) is 6.19. The van der Waals surface area contributed by atoms with Gasteiger partial charge in [-0.2, -0.15) is 0 Å². The number of nitrogens with one attached hydrogen (secondary N) is 2. The monoisotopic (exact) mass is 648 g/mol. The van der Waals surface area contributed by atoms with Gasteiger partial charge in [0.25, 0.3) is 5.91 Å². The van der Waals surface area contributed by atoms with Crippen LogP contribution in [0.2, 0.25) is 0 Å². The lowest BCUT2D eigenvalue weighted by atomic mass is 9.53. The lowest BCUT2D eigenvalue weighted by molar-refractivity contribution is 0.0107. The average Bonchev–Trinajstić information content (AvgIpc) is 3.78. The van der Waals surface area contributed by atoms with Crippen LogP contribution in [0, 0.1) is 30.1 Å². The Morgan fingerprint density at radius 1 is 1.13 bits per heavy atom. The molecule has 1 amide bonds. The van der Waals surface area contributed by atoms with Gasteiger partial charge >= 0.3 is 0 Å². The molecule has 2 aromatic carbocycles. The molecule has 7 heteroatoms. The molecule has 4 aliphatic carbocycles. The fourth-order valence-electron chi connectivity index (χ4n) is 10.1. The van der Waals surface area contributed by atoms with Gasteiger partial charge in [-0.05, 0) is 135 Å². The molecule has 9 rings (SSSR count). The maximum atomic E-state index is 14.5. The quantitative estimate of drug-likeness (QED) is 0.218. The number of terminal acetylenes is 1. The number of amides is 1. The van der Waals surface area contributed by atoms with E-state index in [0.29, 0.717) is 23.4 Å². The van der Waals surface area contributed by atoms with Gasteiger partial charge < -0.3 is 20.3 Å². The Balaban J connectivity index is 1.13. The maximum absolute atomic E-state index is 14.5. The summed E-state index contributed by atoms with van der Waals surface area (Å²) in [4.78, 5) is 21.1. The van der Waals surface area contributed by atoms with Crippen molar-refractivity contribution in [3.8, 4) is 18.1 Å². The second-order valence-corrected chi connectivity index (χ2v) is 16.1. The zero-order valence-electron chi connectivity index (χ0n) is 27.7. The van der Waals surface area contributed by atoms with E-state index in [1.54, 1.807) is 0 Å². The van der Waals surface area contributed by atoms with E-state index in [4.69, 9.17) is 11.2 Å². The third-order valence-electron chi connectivity index (χ3n) is 11.8. The number of unbranched alkanes of at least 4 members (excludes halogenated alkanes) is 1. The minimum Gasteiger partial charge on any atom is -0.492 e. The minimum atomic E-state index is -0.219. The predicted octanol–water partition coefficient (Wildman–Crippen LogP) is 7.98. The normalized spacial score (nSPS) is 30.6. The van der Waals surface area contributed by atoms with Crippen LogP contribution in [0.25, 0.3) is 0 Å². The van der Waals surface area contributed by atoms with Gasteiger partial charge in [0, 0.05) is 28.7 Å². The molecule has 1 aromatic heterocycles. The van der Waals surface area contributed by atoms with Crippen LogP contribution in [-0.2, 0) is 6.42 Å². The van der Waals surface area contributed by atoms with E-state index in [1.165, 1.54) is 73.1 Å². The Morgan fingerprint density at radius 2 is 1.89 bits per heavy atom. The van der Waals surface area contributed by atoms with Gasteiger partial charge in [-0.25, -0.2) is 4.98 Å². The zero-order chi connectivity index (χ0) is 32.0. The van der Waals surface area contributed by atoms with Crippen LogP contribution in [0.3, 0.4) is 0 Å². The van der Waals surface area contributed by atoms with Crippen molar-refractivity contribution in [2.75, 3.05) is 18.5 Å². The number of carbonyl (C=O) groups excluding carboxylic acids is 1. The number of benzene rings is 2. The van der Waals surface area contributed by atoms with E-state index in [-0.39, 0.29) is 23.5 Å². The lowest BCUT2D eigenvalue weighted by Crippen LogP contribution is -2.54. The van der Waals surface area contributed by atoms with Gasteiger partial charge in [0.2, 0.25) is 0 Å². The fraction of sp³-hybridized carbons (Fsp3) is 0.550. The maximum Gasteiger partial charge on any atom is 0.274 e. The molecule has 3 atom stereocenters. The standard InChI is InChI=1S/C40H48N4O2S/c1-3-5-8-33-19-30-20-34(46-24-32-7-6-15-41-32)13-14-35(30)38(44(33)39(45)36-25-47-37(4-2)42-36)29-9-11-31(12-10-29)43-40-21-26-16-27(22-40)18-28(17-26)23-40/h2,9-14,20,25-28,32-33,38,41,43H,3,5-8,15-19,21-24H2,1H3/t26?,27?,28?,32-,33-,38-,40?/m0/s1. The van der Waals surface area contributed by atoms with Gasteiger partial charge in [0.05, 0.1) is 6.04 Å². The summed E-state index contributed by atoms with van der Waals surface area (Å²) in [6.45, 7) is 3.98. The Labute approximate surface area is 284 Å². The molecule has 3 aromatic rings. The van der Waals surface area contributed by atoms with Crippen LogP contribution >= 0.6 is 11.3 Å². The molecule has 3 heterocycles. The molecule has 0 radical (unpaired) electrons. The molecule has 1 saturated heterocycles. The van der Waals surface area contributed by atoms with Crippen LogP contribution in [0.1, 0.15) is 116 Å². The highest BCUT2D eigenvalue weighted by molar-refractivity contribution is 7.10. The van der Waals surface area contributed by atoms with Crippen LogP contribution in [0.5, 0.6) is 5.75 Å². The van der Waals surface area contributed by atoms with E-state index in [0.717, 1.165) is 67.7 Å². The van der Waals surface area contributed by atoms with E-state index in [9.17, 15) is 4.79 Å². The summed E-state index contributed by atoms with van der Waals surface area (Å²) in [7, 11) is 0. The number of anilines is 1. The predicted molar refractivity (Wildman–Crippen MR) is 189 cm³/mol. The number of hydrogen-bond donors (Lipinski definition) is 2. The van der Waals surface area contributed by atoms with Crippen LogP contribution in [0.4, 0.5) is 5.69 Å². The second-order valence-electron chi connectivity index (χ2n) is 15.2. The Kier molecular flexibility index (Phi) is 8.52. The highest BCUT2D eigenvalue weighted by atomic mass is 32.1. The van der Waals surface area contributed by atoms with E-state index >= 15 is 0 Å². The second kappa shape index (κ2) is 12.9. The summed E-state index contributed by atoms with van der Waals surface area (Å²) in [5, 5.41) is 9.97. The number of fused-ring (bicyclic) bond motifs is 1. The molecular weight excluding hydrogens is 601 g/mol. The number of hydrogen-bond acceptors (Lipinski definition) is 6. The largest absolute Gasteiger partial charge is 0.492 e. The Morgan fingerprint density at radius 3 is 2.55 bits per heavy atom. The van der Waals surface area contributed by atoms with Crippen molar-refractivity contribution in [1.82, 2.24) is 15.2 Å². The Bertz CT molecular complexity index is 1600.